The largest absolute Gasteiger partial charge is 0.444 e. The Bertz CT molecular complexity index is 390. The van der Waals surface area contributed by atoms with Crippen molar-refractivity contribution in [3.63, 3.8) is 0 Å². The zero-order valence-electron chi connectivity index (χ0n) is 14.0. The number of carbonyl (C=O) groups is 3. The maximum Gasteiger partial charge on any atom is 0.410 e. The number of hydrogen-bond acceptors (Lipinski definition) is 5. The third-order valence-electron chi connectivity index (χ3n) is 2.83. The lowest BCUT2D eigenvalue weighted by Crippen LogP contribution is -2.47. The van der Waals surface area contributed by atoms with Gasteiger partial charge in [0.2, 0.25) is 11.8 Å². The van der Waals surface area contributed by atoms with E-state index < -0.39 is 17.7 Å². The molecule has 0 heterocycles. The average molecular weight is 301 g/mol. The van der Waals surface area contributed by atoms with Crippen LogP contribution < -0.4 is 5.32 Å². The molecule has 1 unspecified atom stereocenters. The van der Waals surface area contributed by atoms with E-state index in [1.54, 1.807) is 46.7 Å². The molecule has 7 heteroatoms. The summed E-state index contributed by atoms with van der Waals surface area (Å²) in [7, 11) is 3.40. The summed E-state index contributed by atoms with van der Waals surface area (Å²) in [4.78, 5) is 37.5. The zero-order chi connectivity index (χ0) is 16.8. The van der Waals surface area contributed by atoms with E-state index >= 15 is 0 Å². The van der Waals surface area contributed by atoms with Crippen molar-refractivity contribution in [3.8, 4) is 0 Å². The molecule has 3 amide bonds. The first-order chi connectivity index (χ1) is 9.44. The van der Waals surface area contributed by atoms with Gasteiger partial charge in [-0.15, -0.1) is 0 Å². The van der Waals surface area contributed by atoms with Gasteiger partial charge >= 0.3 is 6.09 Å². The molecule has 0 rings (SSSR count). The second-order valence-electron chi connectivity index (χ2n) is 6.10. The third-order valence-corrected chi connectivity index (χ3v) is 2.83. The number of rotatable bonds is 5. The summed E-state index contributed by atoms with van der Waals surface area (Å²) in [6, 6.07) is -0.457. The topological polar surface area (TPSA) is 79.0 Å². The lowest BCUT2D eigenvalue weighted by Gasteiger charge is -2.28. The fourth-order valence-corrected chi connectivity index (χ4v) is 1.41. The van der Waals surface area contributed by atoms with Gasteiger partial charge in [0, 0.05) is 27.1 Å². The number of nitrogens with one attached hydrogen (secondary N) is 1. The number of nitrogens with zero attached hydrogens (tertiary/aromatic N) is 2. The Labute approximate surface area is 126 Å². The smallest absolute Gasteiger partial charge is 0.410 e. The summed E-state index contributed by atoms with van der Waals surface area (Å²) in [6.45, 7) is 9.31. The average Bonchev–Trinajstić information content (AvgIpc) is 2.31. The molecule has 0 spiro atoms. The quantitative estimate of drug-likeness (QED) is 0.814. The first-order valence-corrected chi connectivity index (χ1v) is 6.90. The standard InChI is InChI=1S/C14H27N3O4/c1-10(12(19)15-11(2)18)16(6)8-9-17(7)13(20)21-14(3,4)5/h10H,8-9H2,1-7H3,(H,15,18,19). The van der Waals surface area contributed by atoms with Crippen LogP contribution in [0.1, 0.15) is 34.6 Å². The van der Waals surface area contributed by atoms with Gasteiger partial charge in [-0.2, -0.15) is 0 Å². The summed E-state index contributed by atoms with van der Waals surface area (Å²) in [5.41, 5.74) is -0.536. The van der Waals surface area contributed by atoms with E-state index in [2.05, 4.69) is 5.32 Å². The molecule has 122 valence electrons. The Hall–Kier alpha value is -1.63. The summed E-state index contributed by atoms with van der Waals surface area (Å²) in [5.74, 6) is -0.740. The summed E-state index contributed by atoms with van der Waals surface area (Å²) >= 11 is 0. The highest BCUT2D eigenvalue weighted by Gasteiger charge is 2.22. The molecule has 1 N–H and O–H groups in total. The van der Waals surface area contributed by atoms with Crippen LogP contribution in [0.2, 0.25) is 0 Å². The fraction of sp³-hybridized carbons (Fsp3) is 0.786. The van der Waals surface area contributed by atoms with Crippen LogP contribution in [0.3, 0.4) is 0 Å². The molecule has 21 heavy (non-hydrogen) atoms. The predicted molar refractivity (Wildman–Crippen MR) is 79.8 cm³/mol. The molecule has 0 saturated heterocycles. The van der Waals surface area contributed by atoms with Crippen molar-refractivity contribution < 1.29 is 19.1 Å². The van der Waals surface area contributed by atoms with E-state index in [1.807, 2.05) is 0 Å². The number of carbonyl (C=O) groups excluding carboxylic acids is 3. The molecule has 0 fully saturated rings. The minimum Gasteiger partial charge on any atom is -0.444 e. The van der Waals surface area contributed by atoms with Crippen LogP contribution in [0, 0.1) is 0 Å². The fourth-order valence-electron chi connectivity index (χ4n) is 1.41. The Morgan fingerprint density at radius 3 is 2.10 bits per heavy atom. The van der Waals surface area contributed by atoms with Crippen LogP contribution >= 0.6 is 0 Å². The molecule has 1 atom stereocenters. The van der Waals surface area contributed by atoms with Crippen molar-refractivity contribution in [1.29, 1.82) is 0 Å². The van der Waals surface area contributed by atoms with Crippen molar-refractivity contribution in [2.45, 2.75) is 46.3 Å². The van der Waals surface area contributed by atoms with Gasteiger partial charge in [0.1, 0.15) is 5.60 Å². The van der Waals surface area contributed by atoms with Crippen molar-refractivity contribution >= 4 is 17.9 Å². The van der Waals surface area contributed by atoms with Gasteiger partial charge in [0.15, 0.2) is 0 Å². The molecule has 0 aromatic carbocycles. The first-order valence-electron chi connectivity index (χ1n) is 6.90. The molecule has 0 aliphatic rings. The van der Waals surface area contributed by atoms with Gasteiger partial charge in [-0.3, -0.25) is 19.8 Å². The molecular weight excluding hydrogens is 274 g/mol. The molecule has 0 bridgehead atoms. The molecule has 0 aromatic rings. The number of amides is 3. The highest BCUT2D eigenvalue weighted by atomic mass is 16.6. The van der Waals surface area contributed by atoms with Crippen LogP contribution in [0.4, 0.5) is 4.79 Å². The monoisotopic (exact) mass is 301 g/mol. The van der Waals surface area contributed by atoms with E-state index in [-0.39, 0.29) is 11.8 Å². The van der Waals surface area contributed by atoms with Crippen molar-refractivity contribution in [1.82, 2.24) is 15.1 Å². The normalized spacial score (nSPS) is 12.8. The Morgan fingerprint density at radius 1 is 1.14 bits per heavy atom. The lowest BCUT2D eigenvalue weighted by molar-refractivity contribution is -0.132. The highest BCUT2D eigenvalue weighted by Crippen LogP contribution is 2.09. The van der Waals surface area contributed by atoms with Gasteiger partial charge in [-0.05, 0) is 34.7 Å². The van der Waals surface area contributed by atoms with E-state index in [0.717, 1.165) is 0 Å². The lowest BCUT2D eigenvalue weighted by atomic mass is 10.2. The number of hydrogen-bond donors (Lipinski definition) is 1. The van der Waals surface area contributed by atoms with Gasteiger partial charge < -0.3 is 9.64 Å². The second kappa shape index (κ2) is 7.97. The number of imide groups is 1. The van der Waals surface area contributed by atoms with E-state index in [9.17, 15) is 14.4 Å². The molecule has 0 saturated carbocycles. The molecule has 0 aliphatic carbocycles. The third kappa shape index (κ3) is 8.29. The van der Waals surface area contributed by atoms with Gasteiger partial charge in [-0.25, -0.2) is 4.79 Å². The van der Waals surface area contributed by atoms with Gasteiger partial charge in [0.25, 0.3) is 0 Å². The Balaban J connectivity index is 4.29. The van der Waals surface area contributed by atoms with Crippen molar-refractivity contribution in [2.75, 3.05) is 27.2 Å². The molecule has 0 aromatic heterocycles. The maximum absolute atomic E-state index is 11.8. The van der Waals surface area contributed by atoms with E-state index in [0.29, 0.717) is 13.1 Å². The van der Waals surface area contributed by atoms with Gasteiger partial charge in [0.05, 0.1) is 6.04 Å². The Kier molecular flexibility index (Phi) is 7.35. The van der Waals surface area contributed by atoms with Crippen LogP contribution in [0.25, 0.3) is 0 Å². The van der Waals surface area contributed by atoms with Gasteiger partial charge in [-0.1, -0.05) is 0 Å². The zero-order valence-corrected chi connectivity index (χ0v) is 14.0. The minimum absolute atomic E-state index is 0.357. The summed E-state index contributed by atoms with van der Waals surface area (Å²) in [5, 5.41) is 2.24. The van der Waals surface area contributed by atoms with E-state index in [1.165, 1.54) is 11.8 Å². The molecule has 0 radical (unpaired) electrons. The summed E-state index contributed by atoms with van der Waals surface area (Å²) in [6.07, 6.45) is -0.406. The molecule has 0 aliphatic heterocycles. The highest BCUT2D eigenvalue weighted by molar-refractivity contribution is 5.96. The van der Waals surface area contributed by atoms with Crippen LogP contribution in [0.15, 0.2) is 0 Å². The molecule has 7 nitrogen and oxygen atoms in total. The SMILES string of the molecule is CC(=O)NC(=O)C(C)N(C)CCN(C)C(=O)OC(C)(C)C. The first kappa shape index (κ1) is 19.4. The van der Waals surface area contributed by atoms with Crippen LogP contribution in [-0.2, 0) is 14.3 Å². The van der Waals surface area contributed by atoms with Crippen LogP contribution in [-0.4, -0.2) is 66.5 Å². The number of ether oxygens (including phenoxy) is 1. The van der Waals surface area contributed by atoms with Crippen molar-refractivity contribution in [3.05, 3.63) is 0 Å². The van der Waals surface area contributed by atoms with Crippen LogP contribution in [0.5, 0.6) is 0 Å². The second-order valence-corrected chi connectivity index (χ2v) is 6.10. The maximum atomic E-state index is 11.8. The Morgan fingerprint density at radius 2 is 1.67 bits per heavy atom. The van der Waals surface area contributed by atoms with Crippen molar-refractivity contribution in [2.24, 2.45) is 0 Å². The van der Waals surface area contributed by atoms with E-state index in [4.69, 9.17) is 4.74 Å². The minimum atomic E-state index is -0.536. The molecular formula is C14H27N3O4. The summed E-state index contributed by atoms with van der Waals surface area (Å²) < 4.78 is 5.24. The predicted octanol–water partition coefficient (Wildman–Crippen LogP) is 0.836. The number of likely N-dealkylation sites (N-methyl/N-ethyl adjacent to an activating group) is 2.